The third kappa shape index (κ3) is 5.18. The molecule has 1 saturated heterocycles. The van der Waals surface area contributed by atoms with Gasteiger partial charge in [-0.25, -0.2) is 4.98 Å². The first kappa shape index (κ1) is 22.7. The van der Waals surface area contributed by atoms with Crippen molar-refractivity contribution in [2.24, 2.45) is 0 Å². The molecule has 0 aliphatic carbocycles. The minimum atomic E-state index is 0.121. The number of aromatic nitrogens is 4. The van der Waals surface area contributed by atoms with Gasteiger partial charge in [-0.05, 0) is 31.0 Å². The van der Waals surface area contributed by atoms with Gasteiger partial charge in [0, 0.05) is 31.6 Å². The van der Waals surface area contributed by atoms with E-state index in [1.807, 2.05) is 46.7 Å². The Kier molecular flexibility index (Phi) is 6.96. The number of furan rings is 1. The van der Waals surface area contributed by atoms with Crippen LogP contribution in [0.5, 0.6) is 0 Å². The molecular weight excluding hydrogens is 468 g/mol. The summed E-state index contributed by atoms with van der Waals surface area (Å²) in [5.74, 6) is 1.76. The highest BCUT2D eigenvalue weighted by molar-refractivity contribution is 7.99. The molecule has 0 N–H and O–H groups in total. The first-order valence-corrected chi connectivity index (χ1v) is 13.1. The van der Waals surface area contributed by atoms with Crippen LogP contribution in [0.1, 0.15) is 17.7 Å². The van der Waals surface area contributed by atoms with Crippen molar-refractivity contribution < 1.29 is 9.21 Å². The number of aryl methyl sites for hydroxylation is 1. The van der Waals surface area contributed by atoms with E-state index >= 15 is 0 Å². The number of thioether (sulfide) groups is 1. The highest BCUT2D eigenvalue weighted by Crippen LogP contribution is 2.26. The van der Waals surface area contributed by atoms with Gasteiger partial charge in [-0.3, -0.25) is 9.36 Å². The van der Waals surface area contributed by atoms with Crippen LogP contribution in [0.4, 0.5) is 5.13 Å². The monoisotopic (exact) mass is 494 g/mol. The molecule has 1 aliphatic rings. The fourth-order valence-electron chi connectivity index (χ4n) is 3.95. The summed E-state index contributed by atoms with van der Waals surface area (Å²) in [4.78, 5) is 21.9. The van der Waals surface area contributed by atoms with Crippen LogP contribution < -0.4 is 4.90 Å². The molecule has 4 heterocycles. The zero-order chi connectivity index (χ0) is 23.3. The van der Waals surface area contributed by atoms with E-state index in [1.165, 1.54) is 11.8 Å². The van der Waals surface area contributed by atoms with Crippen molar-refractivity contribution in [2.45, 2.75) is 25.0 Å². The summed E-state index contributed by atoms with van der Waals surface area (Å²) < 4.78 is 7.59. The van der Waals surface area contributed by atoms with Crippen molar-refractivity contribution in [3.8, 4) is 11.6 Å². The first-order valence-electron chi connectivity index (χ1n) is 11.3. The second-order valence-corrected chi connectivity index (χ2v) is 9.92. The number of anilines is 1. The highest BCUT2D eigenvalue weighted by atomic mass is 32.2. The van der Waals surface area contributed by atoms with Crippen LogP contribution >= 0.6 is 23.1 Å². The molecule has 0 bridgehead atoms. The van der Waals surface area contributed by atoms with Crippen molar-refractivity contribution in [3.05, 3.63) is 65.4 Å². The molecule has 3 aromatic heterocycles. The summed E-state index contributed by atoms with van der Waals surface area (Å²) in [6.45, 7) is 5.80. The third-order valence-corrected chi connectivity index (χ3v) is 7.66. The van der Waals surface area contributed by atoms with E-state index < -0.39 is 0 Å². The highest BCUT2D eigenvalue weighted by Gasteiger charge is 2.23. The van der Waals surface area contributed by atoms with Crippen molar-refractivity contribution in [1.29, 1.82) is 0 Å². The van der Waals surface area contributed by atoms with Gasteiger partial charge in [0.1, 0.15) is 0 Å². The maximum Gasteiger partial charge on any atom is 0.233 e. The Bertz CT molecular complexity index is 1220. The van der Waals surface area contributed by atoms with E-state index in [0.717, 1.165) is 42.4 Å². The molecule has 0 spiro atoms. The van der Waals surface area contributed by atoms with Gasteiger partial charge in [0.2, 0.25) is 11.7 Å². The molecule has 0 atom stereocenters. The predicted octanol–water partition coefficient (Wildman–Crippen LogP) is 4.18. The number of thiazole rings is 1. The third-order valence-electron chi connectivity index (χ3n) is 5.69. The second-order valence-electron chi connectivity index (χ2n) is 8.14. The van der Waals surface area contributed by atoms with Crippen LogP contribution in [0.2, 0.25) is 0 Å². The quantitative estimate of drug-likeness (QED) is 0.357. The lowest BCUT2D eigenvalue weighted by atomic mass is 10.2. The van der Waals surface area contributed by atoms with Gasteiger partial charge in [-0.1, -0.05) is 42.1 Å². The topological polar surface area (TPSA) is 80.3 Å². The van der Waals surface area contributed by atoms with Gasteiger partial charge in [0.15, 0.2) is 16.0 Å². The molecule has 1 aliphatic heterocycles. The van der Waals surface area contributed by atoms with Gasteiger partial charge in [-0.15, -0.1) is 21.5 Å². The average Bonchev–Trinajstić information content (AvgIpc) is 3.57. The van der Waals surface area contributed by atoms with Crippen LogP contribution in [0.15, 0.2) is 63.7 Å². The minimum Gasteiger partial charge on any atom is -0.461 e. The summed E-state index contributed by atoms with van der Waals surface area (Å²) in [7, 11) is 0. The zero-order valence-electron chi connectivity index (χ0n) is 19.0. The van der Waals surface area contributed by atoms with Crippen LogP contribution in [0.3, 0.4) is 0 Å². The molecule has 34 heavy (non-hydrogen) atoms. The molecule has 0 unspecified atom stereocenters. The summed E-state index contributed by atoms with van der Waals surface area (Å²) >= 11 is 3.09. The molecule has 1 aromatic carbocycles. The van der Waals surface area contributed by atoms with Crippen LogP contribution in [-0.2, 0) is 11.3 Å². The van der Waals surface area contributed by atoms with Crippen molar-refractivity contribution >= 4 is 34.1 Å². The summed E-state index contributed by atoms with van der Waals surface area (Å²) in [5, 5.41) is 12.6. The van der Waals surface area contributed by atoms with Gasteiger partial charge in [0.05, 0.1) is 24.3 Å². The molecule has 176 valence electrons. The minimum absolute atomic E-state index is 0.121. The maximum atomic E-state index is 13.1. The summed E-state index contributed by atoms with van der Waals surface area (Å²) in [5.41, 5.74) is 2.18. The van der Waals surface area contributed by atoms with E-state index in [-0.39, 0.29) is 5.91 Å². The summed E-state index contributed by atoms with van der Waals surface area (Å²) in [6, 6.07) is 13.9. The lowest BCUT2D eigenvalue weighted by molar-refractivity contribution is -0.128. The lowest BCUT2D eigenvalue weighted by Gasteiger charge is -2.21. The Hall–Kier alpha value is -3.11. The SMILES string of the molecule is Cc1csc(N2CCCN(C(=O)CSc3nnc(-c4ccco4)n3Cc3ccccc3)CC2)n1. The predicted molar refractivity (Wildman–Crippen MR) is 134 cm³/mol. The lowest BCUT2D eigenvalue weighted by Crippen LogP contribution is -2.36. The van der Waals surface area contributed by atoms with Gasteiger partial charge >= 0.3 is 0 Å². The fourth-order valence-corrected chi connectivity index (χ4v) is 5.65. The van der Waals surface area contributed by atoms with Gasteiger partial charge in [0.25, 0.3) is 0 Å². The molecule has 4 aromatic rings. The van der Waals surface area contributed by atoms with E-state index in [9.17, 15) is 4.79 Å². The maximum absolute atomic E-state index is 13.1. The molecule has 8 nitrogen and oxygen atoms in total. The molecule has 10 heteroatoms. The van der Waals surface area contributed by atoms with Crippen molar-refractivity contribution in [3.63, 3.8) is 0 Å². The number of nitrogens with zero attached hydrogens (tertiary/aromatic N) is 6. The molecule has 0 radical (unpaired) electrons. The standard InChI is InChI=1S/C24H26N6O2S2/c1-18-16-33-23(25-18)29-11-6-10-28(12-13-29)21(31)17-34-24-27-26-22(20-9-5-14-32-20)30(24)15-19-7-3-2-4-8-19/h2-5,7-9,14,16H,6,10-13,15,17H2,1H3. The number of amides is 1. The number of hydrogen-bond donors (Lipinski definition) is 0. The van der Waals surface area contributed by atoms with Crippen LogP contribution in [0.25, 0.3) is 11.6 Å². The Morgan fingerprint density at radius 2 is 1.97 bits per heavy atom. The summed E-state index contributed by atoms with van der Waals surface area (Å²) in [6.07, 6.45) is 2.56. The largest absolute Gasteiger partial charge is 0.461 e. The zero-order valence-corrected chi connectivity index (χ0v) is 20.6. The number of carbonyl (C=O) groups excluding carboxylic acids is 1. The fraction of sp³-hybridized carbons (Fsp3) is 0.333. The van der Waals surface area contributed by atoms with Crippen LogP contribution in [0, 0.1) is 6.92 Å². The van der Waals surface area contributed by atoms with E-state index in [4.69, 9.17) is 4.42 Å². The van der Waals surface area contributed by atoms with E-state index in [0.29, 0.717) is 35.6 Å². The Balaban J connectivity index is 1.26. The molecular formula is C24H26N6O2S2. The Morgan fingerprint density at radius 1 is 1.09 bits per heavy atom. The molecule has 5 rings (SSSR count). The van der Waals surface area contributed by atoms with Crippen LogP contribution in [-0.4, -0.2) is 62.5 Å². The first-order chi connectivity index (χ1) is 16.7. The molecule has 1 amide bonds. The number of hydrogen-bond acceptors (Lipinski definition) is 8. The molecule has 0 saturated carbocycles. The Morgan fingerprint density at radius 3 is 2.74 bits per heavy atom. The second kappa shape index (κ2) is 10.4. The van der Waals surface area contributed by atoms with Crippen molar-refractivity contribution in [2.75, 3.05) is 36.8 Å². The molecule has 1 fully saturated rings. The Labute approximate surface area is 206 Å². The van der Waals surface area contributed by atoms with E-state index in [1.54, 1.807) is 17.6 Å². The van der Waals surface area contributed by atoms with Gasteiger partial charge in [-0.2, -0.15) is 0 Å². The number of rotatable bonds is 7. The van der Waals surface area contributed by atoms with Gasteiger partial charge < -0.3 is 14.2 Å². The van der Waals surface area contributed by atoms with E-state index in [2.05, 4.69) is 37.6 Å². The average molecular weight is 495 g/mol. The smallest absolute Gasteiger partial charge is 0.233 e. The normalized spacial score (nSPS) is 14.4. The number of carbonyl (C=O) groups is 1. The number of benzene rings is 1. The van der Waals surface area contributed by atoms with Crippen molar-refractivity contribution in [1.82, 2.24) is 24.6 Å².